The molecule has 2 aromatic heterocycles. The molecule has 3 heterocycles. The first-order valence-electron chi connectivity index (χ1n) is 11.9. The quantitative estimate of drug-likeness (QED) is 0.599. The minimum absolute atomic E-state index is 0.0359. The van der Waals surface area contributed by atoms with Gasteiger partial charge in [0.1, 0.15) is 10.7 Å². The Labute approximate surface area is 192 Å². The number of carbonyl (C=O) groups excluding carboxylic acids is 1. The number of fused-ring (bicyclic) bond motifs is 3. The van der Waals surface area contributed by atoms with Crippen molar-refractivity contribution in [3.8, 4) is 0 Å². The fraction of sp³-hybridized carbons (Fsp3) is 0.500. The molecule has 1 fully saturated rings. The number of piperidine rings is 1. The Morgan fingerprint density at radius 2 is 1.94 bits per heavy atom. The van der Waals surface area contributed by atoms with E-state index in [-0.39, 0.29) is 11.5 Å². The number of aromatic nitrogens is 2. The van der Waals surface area contributed by atoms with E-state index >= 15 is 0 Å². The normalized spacial score (nSPS) is 16.6. The molecule has 1 N–H and O–H groups in total. The molecule has 1 aliphatic heterocycles. The van der Waals surface area contributed by atoms with Gasteiger partial charge in [-0.05, 0) is 68.9 Å². The molecule has 1 aliphatic carbocycles. The maximum absolute atomic E-state index is 12.8. The molecule has 1 amide bonds. The lowest BCUT2D eigenvalue weighted by Crippen LogP contribution is -2.38. The summed E-state index contributed by atoms with van der Waals surface area (Å²) in [5.41, 5.74) is 3.88. The lowest BCUT2D eigenvalue weighted by atomic mass is 9.90. The van der Waals surface area contributed by atoms with Gasteiger partial charge in [-0.15, -0.1) is 11.3 Å². The molecule has 1 aromatic carbocycles. The van der Waals surface area contributed by atoms with Crippen molar-refractivity contribution in [2.45, 2.75) is 64.7 Å². The van der Waals surface area contributed by atoms with Crippen LogP contribution in [0.2, 0.25) is 0 Å². The Morgan fingerprint density at radius 3 is 2.72 bits per heavy atom. The number of thiophene rings is 1. The molecular formula is C26H31N3O2S. The highest BCUT2D eigenvalue weighted by atomic mass is 32.1. The number of hydrogen-bond acceptors (Lipinski definition) is 4. The number of benzene rings is 1. The van der Waals surface area contributed by atoms with Crippen LogP contribution < -0.4 is 5.56 Å². The molecule has 168 valence electrons. The Hall–Kier alpha value is -2.47. The molecule has 5 rings (SSSR count). The minimum atomic E-state index is -0.0359. The number of carbonyl (C=O) groups is 1. The van der Waals surface area contributed by atoms with Gasteiger partial charge in [0.05, 0.1) is 5.39 Å². The molecule has 1 saturated heterocycles. The number of H-pyrrole nitrogens is 1. The van der Waals surface area contributed by atoms with Crippen molar-refractivity contribution in [2.75, 3.05) is 13.1 Å². The third kappa shape index (κ3) is 4.51. The zero-order chi connectivity index (χ0) is 22.1. The van der Waals surface area contributed by atoms with Crippen LogP contribution >= 0.6 is 11.3 Å². The average Bonchev–Trinajstić information content (AvgIpc) is 3.38. The Kier molecular flexibility index (Phi) is 6.13. The van der Waals surface area contributed by atoms with Crippen molar-refractivity contribution in [3.05, 3.63) is 62.0 Å². The van der Waals surface area contributed by atoms with E-state index in [9.17, 15) is 9.59 Å². The van der Waals surface area contributed by atoms with Crippen molar-refractivity contribution in [1.29, 1.82) is 0 Å². The third-order valence-electron chi connectivity index (χ3n) is 7.13. The molecular weight excluding hydrogens is 418 g/mol. The molecule has 0 bridgehead atoms. The number of aryl methyl sites for hydroxylation is 5. The molecule has 0 radical (unpaired) electrons. The van der Waals surface area contributed by atoms with Crippen molar-refractivity contribution < 1.29 is 4.79 Å². The van der Waals surface area contributed by atoms with E-state index in [0.29, 0.717) is 24.6 Å². The second kappa shape index (κ2) is 9.18. The Bertz CT molecular complexity index is 1170. The molecule has 0 unspecified atom stereocenters. The van der Waals surface area contributed by atoms with E-state index in [1.54, 1.807) is 11.3 Å². The first-order chi connectivity index (χ1) is 15.6. The van der Waals surface area contributed by atoms with Crippen LogP contribution in [-0.2, 0) is 30.5 Å². The van der Waals surface area contributed by atoms with Crippen molar-refractivity contribution in [2.24, 2.45) is 5.92 Å². The van der Waals surface area contributed by atoms with Crippen LogP contribution in [-0.4, -0.2) is 33.9 Å². The van der Waals surface area contributed by atoms with Crippen LogP contribution in [0.4, 0.5) is 0 Å². The van der Waals surface area contributed by atoms with Gasteiger partial charge < -0.3 is 9.88 Å². The zero-order valence-corrected chi connectivity index (χ0v) is 19.6. The maximum Gasteiger partial charge on any atom is 0.259 e. The number of rotatable bonds is 6. The van der Waals surface area contributed by atoms with Gasteiger partial charge in [0.25, 0.3) is 5.56 Å². The summed E-state index contributed by atoms with van der Waals surface area (Å²) in [4.78, 5) is 37.1. The predicted molar refractivity (Wildman–Crippen MR) is 129 cm³/mol. The molecule has 3 aromatic rings. The summed E-state index contributed by atoms with van der Waals surface area (Å²) in [5.74, 6) is 1.52. The van der Waals surface area contributed by atoms with Crippen LogP contribution in [0, 0.1) is 12.8 Å². The first-order valence-corrected chi connectivity index (χ1v) is 12.8. The lowest BCUT2D eigenvalue weighted by Gasteiger charge is -2.32. The number of nitrogens with zero attached hydrogens (tertiary/aromatic N) is 2. The van der Waals surface area contributed by atoms with E-state index in [4.69, 9.17) is 0 Å². The summed E-state index contributed by atoms with van der Waals surface area (Å²) >= 11 is 1.65. The summed E-state index contributed by atoms with van der Waals surface area (Å²) in [7, 11) is 0. The zero-order valence-electron chi connectivity index (χ0n) is 18.8. The maximum atomic E-state index is 12.8. The van der Waals surface area contributed by atoms with Crippen molar-refractivity contribution in [1.82, 2.24) is 14.9 Å². The second-order valence-corrected chi connectivity index (χ2v) is 10.5. The van der Waals surface area contributed by atoms with E-state index in [1.807, 2.05) is 4.90 Å². The van der Waals surface area contributed by atoms with E-state index in [0.717, 1.165) is 61.8 Å². The van der Waals surface area contributed by atoms with E-state index in [2.05, 4.69) is 41.2 Å². The smallest absolute Gasteiger partial charge is 0.259 e. The Morgan fingerprint density at radius 1 is 1.16 bits per heavy atom. The number of nitrogens with one attached hydrogen (secondary N) is 1. The number of aromatic amines is 1. The summed E-state index contributed by atoms with van der Waals surface area (Å²) in [6.45, 7) is 3.81. The van der Waals surface area contributed by atoms with E-state index in [1.165, 1.54) is 28.0 Å². The topological polar surface area (TPSA) is 66.1 Å². The van der Waals surface area contributed by atoms with Crippen molar-refractivity contribution >= 4 is 27.5 Å². The van der Waals surface area contributed by atoms with Gasteiger partial charge in [-0.2, -0.15) is 0 Å². The fourth-order valence-corrected chi connectivity index (χ4v) is 6.43. The van der Waals surface area contributed by atoms with Gasteiger partial charge >= 0.3 is 0 Å². The average molecular weight is 450 g/mol. The number of hydrogen-bond donors (Lipinski definition) is 1. The van der Waals surface area contributed by atoms with Gasteiger partial charge in [-0.3, -0.25) is 9.59 Å². The minimum Gasteiger partial charge on any atom is -0.343 e. The van der Waals surface area contributed by atoms with Crippen LogP contribution in [0.25, 0.3) is 10.2 Å². The number of amides is 1. The molecule has 5 nitrogen and oxygen atoms in total. The van der Waals surface area contributed by atoms with Crippen molar-refractivity contribution in [3.63, 3.8) is 0 Å². The van der Waals surface area contributed by atoms with Gasteiger partial charge in [-0.1, -0.05) is 29.8 Å². The summed E-state index contributed by atoms with van der Waals surface area (Å²) in [6, 6.07) is 8.82. The highest BCUT2D eigenvalue weighted by molar-refractivity contribution is 7.18. The Balaban J connectivity index is 1.11. The third-order valence-corrected chi connectivity index (χ3v) is 8.31. The monoisotopic (exact) mass is 449 g/mol. The second-order valence-electron chi connectivity index (χ2n) is 9.40. The van der Waals surface area contributed by atoms with Gasteiger partial charge in [0, 0.05) is 30.8 Å². The highest BCUT2D eigenvalue weighted by Crippen LogP contribution is 2.34. The van der Waals surface area contributed by atoms with Crippen LogP contribution in [0.5, 0.6) is 0 Å². The van der Waals surface area contributed by atoms with Gasteiger partial charge in [0.2, 0.25) is 5.91 Å². The molecule has 6 heteroatoms. The molecule has 2 aliphatic rings. The van der Waals surface area contributed by atoms with Crippen LogP contribution in [0.1, 0.15) is 59.5 Å². The summed E-state index contributed by atoms with van der Waals surface area (Å²) < 4.78 is 0. The van der Waals surface area contributed by atoms with Crippen LogP contribution in [0.3, 0.4) is 0 Å². The fourth-order valence-electron chi connectivity index (χ4n) is 5.15. The molecule has 0 spiro atoms. The standard InChI is InChI=1S/C26H31N3O2S/c1-17-5-7-18(8-6-17)9-10-19-13-15-29(16-14-19)23(30)12-11-22-27-25(31)24-20-3-2-4-21(20)32-26(24)28-22/h5-8,19H,2-4,9-16H2,1H3,(H,27,28,31). The largest absolute Gasteiger partial charge is 0.343 e. The van der Waals surface area contributed by atoms with E-state index < -0.39 is 0 Å². The lowest BCUT2D eigenvalue weighted by molar-refractivity contribution is -0.132. The SMILES string of the molecule is Cc1ccc(CCC2CCN(C(=O)CCc3nc4sc5c(c4c(=O)[nH]3)CCC5)CC2)cc1. The van der Waals surface area contributed by atoms with Gasteiger partial charge in [0.15, 0.2) is 0 Å². The molecule has 32 heavy (non-hydrogen) atoms. The summed E-state index contributed by atoms with van der Waals surface area (Å²) in [6.07, 6.45) is 8.57. The number of likely N-dealkylation sites (tertiary alicyclic amines) is 1. The predicted octanol–water partition coefficient (Wildman–Crippen LogP) is 4.59. The summed E-state index contributed by atoms with van der Waals surface area (Å²) in [5, 5.41) is 0.783. The highest BCUT2D eigenvalue weighted by Gasteiger charge is 2.24. The molecule has 0 atom stereocenters. The first kappa shape index (κ1) is 21.4. The van der Waals surface area contributed by atoms with Gasteiger partial charge in [-0.25, -0.2) is 4.98 Å². The van der Waals surface area contributed by atoms with Crippen LogP contribution in [0.15, 0.2) is 29.1 Å². The molecule has 0 saturated carbocycles.